The largest absolute Gasteiger partial charge is 0.507 e. The summed E-state index contributed by atoms with van der Waals surface area (Å²) in [5.41, 5.74) is 3.17. The fourth-order valence-corrected chi connectivity index (χ4v) is 6.29. The molecule has 6 nitrogen and oxygen atoms in total. The van der Waals surface area contributed by atoms with Gasteiger partial charge in [-0.2, -0.15) is 5.10 Å². The van der Waals surface area contributed by atoms with E-state index < -0.39 is 5.91 Å². The van der Waals surface area contributed by atoms with Gasteiger partial charge in [0.1, 0.15) is 5.75 Å². The van der Waals surface area contributed by atoms with E-state index in [1.165, 1.54) is 32.1 Å². The molecule has 4 bridgehead atoms. The Hall–Kier alpha value is -2.89. The van der Waals surface area contributed by atoms with E-state index in [1.807, 2.05) is 24.3 Å². The van der Waals surface area contributed by atoms with Crippen LogP contribution in [0.3, 0.4) is 0 Å². The molecule has 0 saturated heterocycles. The van der Waals surface area contributed by atoms with Gasteiger partial charge in [-0.15, -0.1) is 0 Å². The lowest BCUT2D eigenvalue weighted by Crippen LogP contribution is -2.56. The van der Waals surface area contributed by atoms with Crippen LogP contribution in [0.1, 0.15) is 55.8 Å². The van der Waals surface area contributed by atoms with Crippen molar-refractivity contribution >= 4 is 28.3 Å². The predicted molar refractivity (Wildman–Crippen MR) is 120 cm³/mol. The molecule has 0 aromatic heterocycles. The lowest BCUT2D eigenvalue weighted by Gasteiger charge is -2.54. The number of amides is 2. The van der Waals surface area contributed by atoms with Crippen molar-refractivity contribution in [2.75, 3.05) is 0 Å². The van der Waals surface area contributed by atoms with Crippen molar-refractivity contribution in [2.24, 2.45) is 28.8 Å². The van der Waals surface area contributed by atoms with Crippen molar-refractivity contribution in [3.8, 4) is 5.75 Å². The molecular weight excluding hydrogens is 390 g/mol. The second-order valence-corrected chi connectivity index (χ2v) is 9.71. The van der Waals surface area contributed by atoms with Gasteiger partial charge in [-0.1, -0.05) is 24.3 Å². The maximum absolute atomic E-state index is 12.6. The highest BCUT2D eigenvalue weighted by Crippen LogP contribution is 2.53. The number of hydrogen-bond donors (Lipinski definition) is 3. The fraction of sp³-hybridized carbons (Fsp3) is 0.480. The molecule has 0 heterocycles. The van der Waals surface area contributed by atoms with Gasteiger partial charge in [-0.25, -0.2) is 5.43 Å². The van der Waals surface area contributed by atoms with Gasteiger partial charge in [0.15, 0.2) is 0 Å². The molecule has 162 valence electrons. The van der Waals surface area contributed by atoms with Gasteiger partial charge in [0.2, 0.25) is 5.91 Å². The molecule has 6 rings (SSSR count). The lowest BCUT2D eigenvalue weighted by molar-refractivity contribution is -0.123. The van der Waals surface area contributed by atoms with E-state index in [4.69, 9.17) is 0 Å². The molecule has 0 unspecified atom stereocenters. The first-order valence-electron chi connectivity index (χ1n) is 11.3. The summed E-state index contributed by atoms with van der Waals surface area (Å²) in [5, 5.41) is 19.3. The molecule has 4 fully saturated rings. The highest BCUT2D eigenvalue weighted by molar-refractivity contribution is 6.03. The van der Waals surface area contributed by atoms with Crippen molar-refractivity contribution in [2.45, 2.75) is 51.5 Å². The molecular formula is C25H29N3O3. The molecule has 2 amide bonds. The Bertz CT molecular complexity index is 1030. The summed E-state index contributed by atoms with van der Waals surface area (Å²) >= 11 is 0. The van der Waals surface area contributed by atoms with Crippen LogP contribution in [0.15, 0.2) is 41.5 Å². The first kappa shape index (κ1) is 20.0. The van der Waals surface area contributed by atoms with Crippen LogP contribution in [0.5, 0.6) is 5.75 Å². The number of nitrogens with zero attached hydrogens (tertiary/aromatic N) is 1. The Morgan fingerprint density at radius 3 is 2.26 bits per heavy atom. The van der Waals surface area contributed by atoms with Gasteiger partial charge in [-0.3, -0.25) is 9.59 Å². The van der Waals surface area contributed by atoms with Gasteiger partial charge < -0.3 is 10.4 Å². The number of aromatic hydroxyl groups is 1. The summed E-state index contributed by atoms with van der Waals surface area (Å²) in [7, 11) is 0. The Labute approximate surface area is 182 Å². The zero-order chi connectivity index (χ0) is 21.5. The van der Waals surface area contributed by atoms with Gasteiger partial charge in [-0.05, 0) is 85.6 Å². The molecule has 4 saturated carbocycles. The SMILES string of the molecule is CC(CC(=O)NC1C2CC3CC(C2)CC1C3)=NNC(=O)c1cc2ccccc2cc1O. The molecule has 4 aliphatic carbocycles. The molecule has 0 radical (unpaired) electrons. The minimum Gasteiger partial charge on any atom is -0.507 e. The molecule has 0 spiro atoms. The Kier molecular flexibility index (Phi) is 5.16. The fourth-order valence-electron chi connectivity index (χ4n) is 6.29. The third-order valence-corrected chi connectivity index (χ3v) is 7.43. The number of benzene rings is 2. The van der Waals surface area contributed by atoms with E-state index >= 15 is 0 Å². The predicted octanol–water partition coefficient (Wildman–Crippen LogP) is 3.98. The number of hydrazone groups is 1. The van der Waals surface area contributed by atoms with Gasteiger partial charge in [0, 0.05) is 11.8 Å². The van der Waals surface area contributed by atoms with Crippen LogP contribution >= 0.6 is 0 Å². The van der Waals surface area contributed by atoms with E-state index in [9.17, 15) is 14.7 Å². The van der Waals surface area contributed by atoms with Gasteiger partial charge >= 0.3 is 0 Å². The number of phenolic OH excluding ortho intramolecular Hbond substituents is 1. The van der Waals surface area contributed by atoms with Crippen molar-refractivity contribution in [3.05, 3.63) is 42.0 Å². The normalized spacial score (nSPS) is 29.2. The summed E-state index contributed by atoms with van der Waals surface area (Å²) in [6.07, 6.45) is 6.60. The highest BCUT2D eigenvalue weighted by atomic mass is 16.3. The average Bonchev–Trinajstić information content (AvgIpc) is 2.73. The number of carbonyl (C=O) groups excluding carboxylic acids is 2. The summed E-state index contributed by atoms with van der Waals surface area (Å²) in [5.74, 6) is 2.40. The first-order valence-corrected chi connectivity index (χ1v) is 11.3. The van der Waals surface area contributed by atoms with Crippen LogP contribution in [-0.4, -0.2) is 28.7 Å². The zero-order valence-electron chi connectivity index (χ0n) is 17.8. The standard InChI is InChI=1S/C25H29N3O3/c1-14(6-23(30)26-24-19-8-15-7-16(10-19)11-20(24)9-15)27-28-25(31)21-12-17-4-2-3-5-18(17)13-22(21)29/h2-5,12-13,15-16,19-20,24,29H,6-11H2,1H3,(H,26,30)(H,28,31). The number of rotatable bonds is 5. The number of hydrogen-bond acceptors (Lipinski definition) is 4. The van der Waals surface area contributed by atoms with Crippen LogP contribution in [0.4, 0.5) is 0 Å². The van der Waals surface area contributed by atoms with Crippen molar-refractivity contribution in [1.82, 2.24) is 10.7 Å². The average molecular weight is 420 g/mol. The second-order valence-electron chi connectivity index (χ2n) is 9.71. The summed E-state index contributed by atoms with van der Waals surface area (Å²) < 4.78 is 0. The third-order valence-electron chi connectivity index (χ3n) is 7.43. The number of phenols is 1. The Morgan fingerprint density at radius 2 is 1.61 bits per heavy atom. The molecule has 6 heteroatoms. The van der Waals surface area contributed by atoms with Crippen LogP contribution in [0, 0.1) is 23.7 Å². The van der Waals surface area contributed by atoms with E-state index in [1.54, 1.807) is 19.1 Å². The van der Waals surface area contributed by atoms with E-state index in [2.05, 4.69) is 15.8 Å². The second kappa shape index (κ2) is 7.98. The molecule has 2 aromatic carbocycles. The minimum absolute atomic E-state index is 0.0264. The van der Waals surface area contributed by atoms with Crippen LogP contribution in [-0.2, 0) is 4.79 Å². The summed E-state index contributed by atoms with van der Waals surface area (Å²) in [4.78, 5) is 25.1. The maximum Gasteiger partial charge on any atom is 0.275 e. The maximum atomic E-state index is 12.6. The quantitative estimate of drug-likeness (QED) is 0.506. The van der Waals surface area contributed by atoms with E-state index in [0.717, 1.165) is 22.6 Å². The molecule has 0 atom stereocenters. The minimum atomic E-state index is -0.496. The molecule has 0 aliphatic heterocycles. The molecule has 2 aromatic rings. The van der Waals surface area contributed by atoms with E-state index in [-0.39, 0.29) is 23.6 Å². The van der Waals surface area contributed by atoms with Crippen LogP contribution in [0.2, 0.25) is 0 Å². The molecule has 3 N–H and O–H groups in total. The summed E-state index contributed by atoms with van der Waals surface area (Å²) in [6.45, 7) is 1.73. The van der Waals surface area contributed by atoms with Gasteiger partial charge in [0.25, 0.3) is 5.91 Å². The highest BCUT2D eigenvalue weighted by Gasteiger charge is 2.48. The molecule has 31 heavy (non-hydrogen) atoms. The Morgan fingerprint density at radius 1 is 1.00 bits per heavy atom. The molecule has 4 aliphatic rings. The van der Waals surface area contributed by atoms with E-state index in [0.29, 0.717) is 23.6 Å². The first-order chi connectivity index (χ1) is 15.0. The number of carbonyl (C=O) groups is 2. The van der Waals surface area contributed by atoms with Gasteiger partial charge in [0.05, 0.1) is 12.0 Å². The van der Waals surface area contributed by atoms with Crippen LogP contribution in [0.25, 0.3) is 10.8 Å². The topological polar surface area (TPSA) is 90.8 Å². The number of fused-ring (bicyclic) bond motifs is 1. The third kappa shape index (κ3) is 4.03. The van der Waals surface area contributed by atoms with Crippen molar-refractivity contribution in [3.63, 3.8) is 0 Å². The monoisotopic (exact) mass is 419 g/mol. The Balaban J connectivity index is 1.18. The van der Waals surface area contributed by atoms with Crippen LogP contribution < -0.4 is 10.7 Å². The van der Waals surface area contributed by atoms with Crippen molar-refractivity contribution < 1.29 is 14.7 Å². The lowest BCUT2D eigenvalue weighted by atomic mass is 9.54. The smallest absolute Gasteiger partial charge is 0.275 e. The number of nitrogens with one attached hydrogen (secondary N) is 2. The zero-order valence-corrected chi connectivity index (χ0v) is 17.8. The van der Waals surface area contributed by atoms with Crippen molar-refractivity contribution in [1.29, 1.82) is 0 Å². The summed E-state index contributed by atoms with van der Waals surface area (Å²) in [6, 6.07) is 11.0.